The number of fused-ring (bicyclic) bond motifs is 1. The van der Waals surface area contributed by atoms with E-state index in [1.165, 1.54) is 18.2 Å². The van der Waals surface area contributed by atoms with Gasteiger partial charge in [-0.3, -0.25) is 9.59 Å². The fourth-order valence-corrected chi connectivity index (χ4v) is 2.69. The summed E-state index contributed by atoms with van der Waals surface area (Å²) in [5.41, 5.74) is 1.89. The molecule has 0 fully saturated rings. The predicted octanol–water partition coefficient (Wildman–Crippen LogP) is 3.63. The second-order valence-corrected chi connectivity index (χ2v) is 5.58. The van der Waals surface area contributed by atoms with E-state index in [1.807, 2.05) is 0 Å². The summed E-state index contributed by atoms with van der Waals surface area (Å²) in [5, 5.41) is 2.51. The van der Waals surface area contributed by atoms with Crippen molar-refractivity contribution in [1.82, 2.24) is 0 Å². The highest BCUT2D eigenvalue weighted by atomic mass is 35.5. The Bertz CT molecular complexity index is 791. The van der Waals surface area contributed by atoms with Crippen LogP contribution in [-0.2, 0) is 11.2 Å². The van der Waals surface area contributed by atoms with Crippen LogP contribution in [0.15, 0.2) is 36.4 Å². The van der Waals surface area contributed by atoms with Gasteiger partial charge in [0.1, 0.15) is 11.6 Å². The zero-order valence-electron chi connectivity index (χ0n) is 12.1. The molecular weight excluding hydrogens is 321 g/mol. The average Bonchev–Trinajstić information content (AvgIpc) is 2.91. The van der Waals surface area contributed by atoms with Crippen molar-refractivity contribution >= 4 is 29.0 Å². The van der Waals surface area contributed by atoms with Crippen molar-refractivity contribution in [2.45, 2.75) is 12.8 Å². The number of anilines is 1. The minimum atomic E-state index is -0.551. The van der Waals surface area contributed by atoms with Gasteiger partial charge in [0.2, 0.25) is 0 Å². The number of ketones is 1. The molecule has 6 heteroatoms. The minimum absolute atomic E-state index is 0.0666. The molecule has 3 rings (SSSR count). The van der Waals surface area contributed by atoms with Crippen LogP contribution in [0.5, 0.6) is 5.75 Å². The van der Waals surface area contributed by atoms with Gasteiger partial charge in [0.25, 0.3) is 5.91 Å². The molecule has 1 aliphatic rings. The van der Waals surface area contributed by atoms with Crippen molar-refractivity contribution in [2.24, 2.45) is 0 Å². The van der Waals surface area contributed by atoms with Gasteiger partial charge in [-0.15, -0.1) is 0 Å². The van der Waals surface area contributed by atoms with Gasteiger partial charge in [-0.05, 0) is 30.7 Å². The Balaban J connectivity index is 1.64. The third-order valence-corrected chi connectivity index (χ3v) is 3.89. The molecule has 2 aromatic carbocycles. The van der Waals surface area contributed by atoms with Crippen LogP contribution in [0, 0.1) is 5.82 Å². The SMILES string of the molecule is O=C(COc1cccc2c1CCC2=O)Nc1ccc(F)c(Cl)c1. The Kier molecular flexibility index (Phi) is 4.30. The third kappa shape index (κ3) is 3.35. The van der Waals surface area contributed by atoms with E-state index in [0.29, 0.717) is 29.8 Å². The van der Waals surface area contributed by atoms with Crippen LogP contribution in [0.1, 0.15) is 22.3 Å². The molecule has 1 aliphatic carbocycles. The summed E-state index contributed by atoms with van der Waals surface area (Å²) in [7, 11) is 0. The third-order valence-electron chi connectivity index (χ3n) is 3.60. The van der Waals surface area contributed by atoms with Gasteiger partial charge < -0.3 is 10.1 Å². The van der Waals surface area contributed by atoms with Crippen LogP contribution in [0.3, 0.4) is 0 Å². The van der Waals surface area contributed by atoms with Crippen molar-refractivity contribution in [2.75, 3.05) is 11.9 Å². The maximum atomic E-state index is 13.1. The van der Waals surface area contributed by atoms with Crippen LogP contribution in [-0.4, -0.2) is 18.3 Å². The summed E-state index contributed by atoms with van der Waals surface area (Å²) in [6.45, 7) is -0.209. The lowest BCUT2D eigenvalue weighted by Gasteiger charge is -2.11. The van der Waals surface area contributed by atoms with Crippen molar-refractivity contribution in [3.8, 4) is 5.75 Å². The molecule has 0 heterocycles. The van der Waals surface area contributed by atoms with Crippen LogP contribution < -0.4 is 10.1 Å². The lowest BCUT2D eigenvalue weighted by Crippen LogP contribution is -2.20. The normalized spacial score (nSPS) is 12.9. The second-order valence-electron chi connectivity index (χ2n) is 5.17. The van der Waals surface area contributed by atoms with Gasteiger partial charge in [-0.25, -0.2) is 4.39 Å². The molecule has 1 amide bonds. The van der Waals surface area contributed by atoms with E-state index < -0.39 is 11.7 Å². The Labute approximate surface area is 137 Å². The summed E-state index contributed by atoms with van der Waals surface area (Å²) >= 11 is 5.66. The van der Waals surface area contributed by atoms with Crippen molar-refractivity contribution in [3.05, 3.63) is 58.4 Å². The lowest BCUT2D eigenvalue weighted by molar-refractivity contribution is -0.118. The summed E-state index contributed by atoms with van der Waals surface area (Å²) < 4.78 is 18.6. The van der Waals surface area contributed by atoms with Gasteiger partial charge >= 0.3 is 0 Å². The lowest BCUT2D eigenvalue weighted by atomic mass is 10.1. The molecule has 0 aromatic heterocycles. The molecule has 0 saturated carbocycles. The first kappa shape index (κ1) is 15.5. The van der Waals surface area contributed by atoms with Crippen LogP contribution in [0.25, 0.3) is 0 Å². The quantitative estimate of drug-likeness (QED) is 0.929. The number of nitrogens with one attached hydrogen (secondary N) is 1. The Morgan fingerprint density at radius 2 is 2.09 bits per heavy atom. The molecule has 23 heavy (non-hydrogen) atoms. The molecule has 4 nitrogen and oxygen atoms in total. The van der Waals surface area contributed by atoms with E-state index in [0.717, 1.165) is 5.56 Å². The number of amides is 1. The van der Waals surface area contributed by atoms with Crippen LogP contribution in [0.2, 0.25) is 5.02 Å². The van der Waals surface area contributed by atoms with E-state index in [1.54, 1.807) is 18.2 Å². The van der Waals surface area contributed by atoms with E-state index in [-0.39, 0.29) is 17.4 Å². The topological polar surface area (TPSA) is 55.4 Å². The van der Waals surface area contributed by atoms with Gasteiger partial charge in [-0.2, -0.15) is 0 Å². The zero-order chi connectivity index (χ0) is 16.4. The van der Waals surface area contributed by atoms with Crippen molar-refractivity contribution in [3.63, 3.8) is 0 Å². The average molecular weight is 334 g/mol. The maximum Gasteiger partial charge on any atom is 0.262 e. The molecule has 0 unspecified atom stereocenters. The molecule has 1 N–H and O–H groups in total. The van der Waals surface area contributed by atoms with E-state index in [9.17, 15) is 14.0 Å². The van der Waals surface area contributed by atoms with Crippen LogP contribution >= 0.6 is 11.6 Å². The summed E-state index contributed by atoms with van der Waals surface area (Å²) in [4.78, 5) is 23.6. The number of carbonyl (C=O) groups excluding carboxylic acids is 2. The first-order valence-electron chi connectivity index (χ1n) is 7.07. The molecule has 0 aliphatic heterocycles. The summed E-state index contributed by atoms with van der Waals surface area (Å²) in [6, 6.07) is 9.15. The second kappa shape index (κ2) is 6.38. The number of ether oxygens (including phenoxy) is 1. The molecule has 0 saturated heterocycles. The fourth-order valence-electron chi connectivity index (χ4n) is 2.51. The number of hydrogen-bond donors (Lipinski definition) is 1. The minimum Gasteiger partial charge on any atom is -0.483 e. The number of halogens is 2. The Hall–Kier alpha value is -2.40. The fraction of sp³-hybridized carbons (Fsp3) is 0.176. The number of benzene rings is 2. The van der Waals surface area contributed by atoms with Gasteiger partial charge in [-0.1, -0.05) is 23.7 Å². The highest BCUT2D eigenvalue weighted by molar-refractivity contribution is 6.31. The highest BCUT2D eigenvalue weighted by Crippen LogP contribution is 2.30. The van der Waals surface area contributed by atoms with Gasteiger partial charge in [0, 0.05) is 23.2 Å². The number of rotatable bonds is 4. The monoisotopic (exact) mass is 333 g/mol. The molecule has 0 atom stereocenters. The summed E-state index contributed by atoms with van der Waals surface area (Å²) in [5.74, 6) is -0.309. The van der Waals surface area contributed by atoms with Gasteiger partial charge in [0.05, 0.1) is 5.02 Å². The van der Waals surface area contributed by atoms with Gasteiger partial charge in [0.15, 0.2) is 12.4 Å². The van der Waals surface area contributed by atoms with Crippen molar-refractivity contribution in [1.29, 1.82) is 0 Å². The smallest absolute Gasteiger partial charge is 0.262 e. The number of hydrogen-bond acceptors (Lipinski definition) is 3. The molecule has 2 aromatic rings. The standard InChI is InChI=1S/C17H13ClFNO3/c18-13-8-10(4-6-14(13)19)20-17(22)9-23-16-3-1-2-11-12(16)5-7-15(11)21/h1-4,6,8H,5,7,9H2,(H,20,22). The predicted molar refractivity (Wildman–Crippen MR) is 84.6 cm³/mol. The number of carbonyl (C=O) groups is 2. The maximum absolute atomic E-state index is 13.1. The molecule has 0 radical (unpaired) electrons. The first-order chi connectivity index (χ1) is 11.0. The summed E-state index contributed by atoms with van der Waals surface area (Å²) in [6.07, 6.45) is 1.09. The van der Waals surface area contributed by atoms with Crippen molar-refractivity contribution < 1.29 is 18.7 Å². The molecular formula is C17H13ClFNO3. The number of Topliss-reactive ketones (excluding diaryl/α,β-unsaturated/α-hetero) is 1. The molecule has 0 spiro atoms. The first-order valence-corrected chi connectivity index (χ1v) is 7.45. The molecule has 118 valence electrons. The Morgan fingerprint density at radius 1 is 1.26 bits per heavy atom. The van der Waals surface area contributed by atoms with E-state index in [4.69, 9.17) is 16.3 Å². The molecule has 0 bridgehead atoms. The zero-order valence-corrected chi connectivity index (χ0v) is 12.8. The van der Waals surface area contributed by atoms with E-state index >= 15 is 0 Å². The largest absolute Gasteiger partial charge is 0.483 e. The highest BCUT2D eigenvalue weighted by Gasteiger charge is 2.22. The van der Waals surface area contributed by atoms with E-state index in [2.05, 4.69) is 5.32 Å². The Morgan fingerprint density at radius 3 is 2.87 bits per heavy atom. The van der Waals surface area contributed by atoms with Crippen LogP contribution in [0.4, 0.5) is 10.1 Å².